The Bertz CT molecular complexity index is 471. The Morgan fingerprint density at radius 2 is 2.24 bits per heavy atom. The lowest BCUT2D eigenvalue weighted by atomic mass is 10.5. The van der Waals surface area contributed by atoms with Gasteiger partial charge in [-0.2, -0.15) is 0 Å². The van der Waals surface area contributed by atoms with Gasteiger partial charge in [-0.15, -0.1) is 5.10 Å². The van der Waals surface area contributed by atoms with Crippen molar-refractivity contribution in [2.24, 2.45) is 5.73 Å². The normalized spacial score (nSPS) is 10.7. The first-order valence-electron chi connectivity index (χ1n) is 4.85. The van der Waals surface area contributed by atoms with E-state index in [4.69, 9.17) is 17.3 Å². The Balaban J connectivity index is 1.97. The fourth-order valence-corrected chi connectivity index (χ4v) is 2.01. The molecule has 0 aliphatic carbocycles. The van der Waals surface area contributed by atoms with Gasteiger partial charge in [-0.1, -0.05) is 23.4 Å². The summed E-state index contributed by atoms with van der Waals surface area (Å²) in [6.45, 7) is 1.10. The molecule has 0 unspecified atom stereocenters. The van der Waals surface area contributed by atoms with E-state index in [-0.39, 0.29) is 0 Å². The summed E-state index contributed by atoms with van der Waals surface area (Å²) in [6.07, 6.45) is 3.15. The van der Waals surface area contributed by atoms with Gasteiger partial charge in [-0.05, 0) is 10.4 Å². The smallest absolute Gasteiger partial charge is 0.209 e. The second kappa shape index (κ2) is 5.89. The fourth-order valence-electron chi connectivity index (χ4n) is 1.11. The molecule has 0 spiro atoms. The third kappa shape index (κ3) is 3.35. The monoisotopic (exact) mass is 271 g/mol. The average Bonchev–Trinajstić information content (AvgIpc) is 2.77. The molecule has 0 saturated carbocycles. The maximum absolute atomic E-state index is 5.65. The Labute approximate surface area is 107 Å². The molecule has 0 amide bonds. The van der Waals surface area contributed by atoms with Crippen molar-refractivity contribution in [1.29, 1.82) is 0 Å². The highest BCUT2D eigenvalue weighted by molar-refractivity contribution is 7.98. The van der Waals surface area contributed by atoms with Crippen LogP contribution in [0.1, 0.15) is 5.69 Å². The van der Waals surface area contributed by atoms with E-state index >= 15 is 0 Å². The largest absolute Gasteiger partial charge is 0.329 e. The van der Waals surface area contributed by atoms with E-state index in [0.717, 1.165) is 5.69 Å². The molecule has 7 nitrogen and oxygen atoms in total. The Hall–Kier alpha value is -1.25. The van der Waals surface area contributed by atoms with E-state index in [2.05, 4.69) is 25.5 Å². The summed E-state index contributed by atoms with van der Waals surface area (Å²) in [7, 11) is 0. The molecule has 17 heavy (non-hydrogen) atoms. The zero-order valence-corrected chi connectivity index (χ0v) is 10.4. The minimum atomic E-state index is 0.381. The highest BCUT2D eigenvalue weighted by atomic mass is 35.5. The lowest BCUT2D eigenvalue weighted by Crippen LogP contribution is -2.12. The van der Waals surface area contributed by atoms with Crippen molar-refractivity contribution in [1.82, 2.24) is 30.2 Å². The number of nitrogens with zero attached hydrogens (tertiary/aromatic N) is 6. The molecule has 2 heterocycles. The van der Waals surface area contributed by atoms with Crippen molar-refractivity contribution < 1.29 is 0 Å². The van der Waals surface area contributed by atoms with Crippen LogP contribution >= 0.6 is 23.4 Å². The summed E-state index contributed by atoms with van der Waals surface area (Å²) in [6, 6.07) is 0. The molecule has 0 aliphatic heterocycles. The standard InChI is InChI=1S/C8H10ClN7S/c9-7-4-11-6(3-12-7)5-17-8-13-14-15-16(8)2-1-10/h3-4H,1-2,5,10H2. The minimum absolute atomic E-state index is 0.381. The maximum Gasteiger partial charge on any atom is 0.209 e. The Kier molecular flexibility index (Phi) is 4.24. The van der Waals surface area contributed by atoms with E-state index < -0.39 is 0 Å². The third-order valence-corrected chi connectivity index (χ3v) is 3.05. The van der Waals surface area contributed by atoms with Crippen molar-refractivity contribution in [2.75, 3.05) is 6.54 Å². The molecule has 0 radical (unpaired) electrons. The fraction of sp³-hybridized carbons (Fsp3) is 0.375. The molecule has 2 rings (SSSR count). The second-order valence-corrected chi connectivity index (χ2v) is 4.42. The zero-order chi connectivity index (χ0) is 12.1. The first-order chi connectivity index (χ1) is 8.29. The van der Waals surface area contributed by atoms with E-state index in [1.165, 1.54) is 18.0 Å². The number of tetrazole rings is 1. The van der Waals surface area contributed by atoms with E-state index in [0.29, 0.717) is 29.2 Å². The van der Waals surface area contributed by atoms with Crippen LogP contribution in [0.3, 0.4) is 0 Å². The summed E-state index contributed by atoms with van der Waals surface area (Å²) in [5.41, 5.74) is 6.27. The third-order valence-electron chi connectivity index (χ3n) is 1.86. The van der Waals surface area contributed by atoms with Crippen LogP contribution in [0.2, 0.25) is 5.15 Å². The predicted molar refractivity (Wildman–Crippen MR) is 63.5 cm³/mol. The maximum atomic E-state index is 5.65. The number of aromatic nitrogens is 6. The summed E-state index contributed by atoms with van der Waals surface area (Å²) in [4.78, 5) is 8.08. The molecule has 0 aliphatic rings. The van der Waals surface area contributed by atoms with Gasteiger partial charge < -0.3 is 5.73 Å². The summed E-state index contributed by atoms with van der Waals surface area (Å²) in [5, 5.41) is 12.4. The number of halogens is 1. The number of hydrogen-bond donors (Lipinski definition) is 1. The number of hydrogen-bond acceptors (Lipinski definition) is 7. The molecular weight excluding hydrogens is 262 g/mol. The minimum Gasteiger partial charge on any atom is -0.329 e. The van der Waals surface area contributed by atoms with E-state index in [9.17, 15) is 0 Å². The summed E-state index contributed by atoms with van der Waals surface area (Å²) < 4.78 is 1.66. The van der Waals surface area contributed by atoms with Gasteiger partial charge in [0, 0.05) is 12.3 Å². The molecule has 2 aromatic rings. The molecule has 0 atom stereocenters. The van der Waals surface area contributed by atoms with Crippen LogP contribution in [-0.2, 0) is 12.3 Å². The van der Waals surface area contributed by atoms with Crippen molar-refractivity contribution >= 4 is 23.4 Å². The van der Waals surface area contributed by atoms with Gasteiger partial charge in [0.15, 0.2) is 0 Å². The van der Waals surface area contributed by atoms with Crippen LogP contribution in [0.5, 0.6) is 0 Å². The van der Waals surface area contributed by atoms with Crippen molar-refractivity contribution in [2.45, 2.75) is 17.5 Å². The van der Waals surface area contributed by atoms with Gasteiger partial charge >= 0.3 is 0 Å². The van der Waals surface area contributed by atoms with Gasteiger partial charge in [-0.25, -0.2) is 9.67 Å². The van der Waals surface area contributed by atoms with Gasteiger partial charge in [-0.3, -0.25) is 4.98 Å². The van der Waals surface area contributed by atoms with Crippen LogP contribution < -0.4 is 5.73 Å². The molecule has 90 valence electrons. The molecule has 0 bridgehead atoms. The molecule has 0 aromatic carbocycles. The van der Waals surface area contributed by atoms with E-state index in [1.54, 1.807) is 10.9 Å². The molecular formula is C8H10ClN7S. The molecule has 2 aromatic heterocycles. The van der Waals surface area contributed by atoms with Crippen LogP contribution in [0.15, 0.2) is 17.6 Å². The molecule has 9 heteroatoms. The molecule has 0 saturated heterocycles. The summed E-state index contributed by atoms with van der Waals surface area (Å²) in [5.74, 6) is 0.634. The zero-order valence-electron chi connectivity index (χ0n) is 8.82. The highest BCUT2D eigenvalue weighted by Gasteiger charge is 2.06. The van der Waals surface area contributed by atoms with Gasteiger partial charge in [0.1, 0.15) is 5.15 Å². The summed E-state index contributed by atoms with van der Waals surface area (Å²) >= 11 is 7.13. The second-order valence-electron chi connectivity index (χ2n) is 3.09. The number of nitrogens with two attached hydrogens (primary N) is 1. The van der Waals surface area contributed by atoms with Crippen LogP contribution in [0.4, 0.5) is 0 Å². The van der Waals surface area contributed by atoms with Gasteiger partial charge in [0.05, 0.1) is 24.6 Å². The number of rotatable bonds is 5. The van der Waals surface area contributed by atoms with Crippen molar-refractivity contribution in [3.05, 3.63) is 23.2 Å². The van der Waals surface area contributed by atoms with E-state index in [1.807, 2.05) is 0 Å². The predicted octanol–water partition coefficient (Wildman–Crippen LogP) is 0.367. The van der Waals surface area contributed by atoms with Crippen LogP contribution in [0.25, 0.3) is 0 Å². The average molecular weight is 272 g/mol. The SMILES string of the molecule is NCCn1nnnc1SCc1cnc(Cl)cn1. The quantitative estimate of drug-likeness (QED) is 0.785. The molecule has 0 fully saturated rings. The molecule has 2 N–H and O–H groups in total. The lowest BCUT2D eigenvalue weighted by molar-refractivity contribution is 0.557. The topological polar surface area (TPSA) is 95.4 Å². The lowest BCUT2D eigenvalue weighted by Gasteiger charge is -2.01. The number of thioether (sulfide) groups is 1. The van der Waals surface area contributed by atoms with Gasteiger partial charge in [0.2, 0.25) is 5.16 Å². The first kappa shape index (κ1) is 12.2. The van der Waals surface area contributed by atoms with Gasteiger partial charge in [0.25, 0.3) is 0 Å². The van der Waals surface area contributed by atoms with Crippen LogP contribution in [0, 0.1) is 0 Å². The van der Waals surface area contributed by atoms with Crippen LogP contribution in [-0.4, -0.2) is 36.7 Å². The highest BCUT2D eigenvalue weighted by Crippen LogP contribution is 2.18. The van der Waals surface area contributed by atoms with Crippen molar-refractivity contribution in [3.63, 3.8) is 0 Å². The first-order valence-corrected chi connectivity index (χ1v) is 6.21. The Morgan fingerprint density at radius 1 is 1.35 bits per heavy atom. The van der Waals surface area contributed by atoms with Crippen molar-refractivity contribution in [3.8, 4) is 0 Å². The Morgan fingerprint density at radius 3 is 2.94 bits per heavy atom.